The molecule has 0 atom stereocenters. The van der Waals surface area contributed by atoms with Gasteiger partial charge in [0.25, 0.3) is 5.91 Å². The Hall–Kier alpha value is -2.12. The van der Waals surface area contributed by atoms with Crippen LogP contribution in [0.25, 0.3) is 0 Å². The van der Waals surface area contributed by atoms with E-state index in [-0.39, 0.29) is 12.5 Å². The van der Waals surface area contributed by atoms with Crippen molar-refractivity contribution in [1.29, 1.82) is 0 Å². The van der Waals surface area contributed by atoms with Gasteiger partial charge in [-0.15, -0.1) is 0 Å². The van der Waals surface area contributed by atoms with Gasteiger partial charge in [0.1, 0.15) is 5.54 Å². The van der Waals surface area contributed by atoms with Crippen molar-refractivity contribution >= 4 is 17.5 Å². The van der Waals surface area contributed by atoms with Crippen LogP contribution in [0, 0.1) is 0 Å². The number of benzene rings is 1. The van der Waals surface area contributed by atoms with Crippen LogP contribution in [0.4, 0.5) is 5.69 Å². The Morgan fingerprint density at radius 3 is 2.59 bits per heavy atom. The number of anilines is 1. The molecule has 0 radical (unpaired) electrons. The first-order valence-corrected chi connectivity index (χ1v) is 7.42. The smallest absolute Gasteiger partial charge is 0.257 e. The van der Waals surface area contributed by atoms with Gasteiger partial charge in [0.2, 0.25) is 5.91 Å². The maximum atomic E-state index is 12.4. The summed E-state index contributed by atoms with van der Waals surface area (Å²) < 4.78 is 0. The molecule has 0 unspecified atom stereocenters. The second-order valence-electron chi connectivity index (χ2n) is 5.77. The van der Waals surface area contributed by atoms with Crippen LogP contribution in [0.3, 0.4) is 0 Å². The number of amides is 2. The van der Waals surface area contributed by atoms with Crippen LogP contribution in [0.5, 0.6) is 0 Å². The topological polar surface area (TPSA) is 84.9 Å². The molecule has 2 aliphatic rings. The zero-order valence-electron chi connectivity index (χ0n) is 12.3. The van der Waals surface area contributed by atoms with E-state index in [1.54, 1.807) is 5.48 Å². The number of piperidine rings is 1. The number of rotatable bonds is 3. The van der Waals surface area contributed by atoms with E-state index < -0.39 is 11.4 Å². The van der Waals surface area contributed by atoms with Crippen molar-refractivity contribution in [3.8, 4) is 0 Å². The first-order chi connectivity index (χ1) is 10.7. The van der Waals surface area contributed by atoms with Crippen molar-refractivity contribution in [2.24, 2.45) is 0 Å². The van der Waals surface area contributed by atoms with Crippen LogP contribution in [0.15, 0.2) is 30.3 Å². The molecule has 118 valence electrons. The molecule has 1 aromatic rings. The van der Waals surface area contributed by atoms with Gasteiger partial charge in [0, 0.05) is 18.8 Å². The molecule has 0 aromatic heterocycles. The molecule has 0 saturated carbocycles. The van der Waals surface area contributed by atoms with Gasteiger partial charge in [-0.25, -0.2) is 5.48 Å². The fraction of sp³-hybridized carbons (Fsp3) is 0.467. The molecule has 3 rings (SSSR count). The maximum absolute atomic E-state index is 12.4. The lowest BCUT2D eigenvalue weighted by Crippen LogP contribution is -2.57. The lowest BCUT2D eigenvalue weighted by Gasteiger charge is -2.43. The number of carbonyl (C=O) groups excluding carboxylic acids is 2. The van der Waals surface area contributed by atoms with E-state index in [0.29, 0.717) is 32.6 Å². The van der Waals surface area contributed by atoms with Gasteiger partial charge in [-0.05, 0) is 25.0 Å². The van der Waals surface area contributed by atoms with E-state index in [2.05, 4.69) is 10.2 Å². The van der Waals surface area contributed by atoms with E-state index in [0.717, 1.165) is 5.69 Å². The lowest BCUT2D eigenvalue weighted by atomic mass is 9.85. The fourth-order valence-electron chi connectivity index (χ4n) is 3.35. The summed E-state index contributed by atoms with van der Waals surface area (Å²) in [6.07, 6.45) is 1.32. The number of nitrogens with zero attached hydrogens (tertiary/aromatic N) is 2. The van der Waals surface area contributed by atoms with Crippen LogP contribution in [-0.4, -0.2) is 53.8 Å². The summed E-state index contributed by atoms with van der Waals surface area (Å²) in [5.41, 5.74) is 2.14. The molecule has 1 spiro atoms. The Labute approximate surface area is 128 Å². The minimum atomic E-state index is -0.534. The van der Waals surface area contributed by atoms with Gasteiger partial charge < -0.3 is 10.2 Å². The summed E-state index contributed by atoms with van der Waals surface area (Å²) in [5, 5.41) is 11.5. The number of para-hydroxylation sites is 1. The van der Waals surface area contributed by atoms with Crippen LogP contribution < -0.4 is 15.7 Å². The summed E-state index contributed by atoms with van der Waals surface area (Å²) in [6.45, 7) is 1.95. The molecule has 7 nitrogen and oxygen atoms in total. The minimum Gasteiger partial charge on any atom is -0.339 e. The summed E-state index contributed by atoms with van der Waals surface area (Å²) in [4.78, 5) is 27.8. The molecule has 0 bridgehead atoms. The van der Waals surface area contributed by atoms with Gasteiger partial charge in [0.05, 0.1) is 13.2 Å². The molecule has 7 heteroatoms. The van der Waals surface area contributed by atoms with Crippen molar-refractivity contribution in [2.45, 2.75) is 18.4 Å². The molecule has 1 aromatic carbocycles. The third-order valence-corrected chi connectivity index (χ3v) is 4.58. The average Bonchev–Trinajstić information content (AvgIpc) is 2.87. The van der Waals surface area contributed by atoms with Gasteiger partial charge in [-0.2, -0.15) is 0 Å². The van der Waals surface area contributed by atoms with Crippen LogP contribution >= 0.6 is 0 Å². The number of hydroxylamine groups is 1. The molecule has 2 saturated heterocycles. The molecular formula is C15H20N4O3. The highest BCUT2D eigenvalue weighted by molar-refractivity contribution is 5.93. The lowest BCUT2D eigenvalue weighted by molar-refractivity contribution is -0.131. The van der Waals surface area contributed by atoms with Crippen molar-refractivity contribution in [3.05, 3.63) is 30.3 Å². The maximum Gasteiger partial charge on any atom is 0.257 e. The number of hydrogen-bond acceptors (Lipinski definition) is 5. The SMILES string of the molecule is O=C(CN1CCC2(CC1)C(=O)NCN2c1ccccc1)NO. The van der Waals surface area contributed by atoms with Gasteiger partial charge in [-0.1, -0.05) is 18.2 Å². The first-order valence-electron chi connectivity index (χ1n) is 7.42. The first kappa shape index (κ1) is 14.8. The molecule has 2 aliphatic heterocycles. The predicted molar refractivity (Wildman–Crippen MR) is 80.3 cm³/mol. The Morgan fingerprint density at radius 1 is 1.27 bits per heavy atom. The van der Waals surface area contributed by atoms with Gasteiger partial charge in [0.15, 0.2) is 0 Å². The molecule has 2 heterocycles. The van der Waals surface area contributed by atoms with Crippen LogP contribution in [0.1, 0.15) is 12.8 Å². The number of likely N-dealkylation sites (tertiary alicyclic amines) is 1. The number of carbonyl (C=O) groups is 2. The Bertz CT molecular complexity index is 555. The minimum absolute atomic E-state index is 0.0580. The van der Waals surface area contributed by atoms with Crippen molar-refractivity contribution < 1.29 is 14.8 Å². The summed E-state index contributed by atoms with van der Waals surface area (Å²) >= 11 is 0. The molecule has 0 aliphatic carbocycles. The summed E-state index contributed by atoms with van der Waals surface area (Å²) in [6, 6.07) is 9.90. The van der Waals surface area contributed by atoms with Crippen molar-refractivity contribution in [3.63, 3.8) is 0 Å². The molecule has 2 amide bonds. The van der Waals surface area contributed by atoms with E-state index in [1.165, 1.54) is 0 Å². The standard InChI is InChI=1S/C15H20N4O3/c20-13(17-22)10-18-8-6-15(7-9-18)14(21)16-11-19(15)12-4-2-1-3-5-12/h1-5,22H,6-11H2,(H,16,21)(H,17,20). The number of nitrogens with one attached hydrogen (secondary N) is 2. The van der Waals surface area contributed by atoms with E-state index in [9.17, 15) is 9.59 Å². The quantitative estimate of drug-likeness (QED) is 0.537. The monoisotopic (exact) mass is 304 g/mol. The Balaban J connectivity index is 1.74. The van der Waals surface area contributed by atoms with E-state index in [1.807, 2.05) is 35.2 Å². The average molecular weight is 304 g/mol. The van der Waals surface area contributed by atoms with Gasteiger partial charge in [-0.3, -0.25) is 19.7 Å². The fourth-order valence-corrected chi connectivity index (χ4v) is 3.35. The predicted octanol–water partition coefficient (Wildman–Crippen LogP) is -0.0797. The van der Waals surface area contributed by atoms with E-state index >= 15 is 0 Å². The molecule has 22 heavy (non-hydrogen) atoms. The Morgan fingerprint density at radius 2 is 1.95 bits per heavy atom. The van der Waals surface area contributed by atoms with Crippen LogP contribution in [0.2, 0.25) is 0 Å². The zero-order chi connectivity index (χ0) is 15.6. The normalized spacial score (nSPS) is 21.0. The third kappa shape index (κ3) is 2.53. The Kier molecular flexibility index (Phi) is 4.00. The molecule has 3 N–H and O–H groups in total. The van der Waals surface area contributed by atoms with Crippen molar-refractivity contribution in [2.75, 3.05) is 31.2 Å². The highest BCUT2D eigenvalue weighted by Crippen LogP contribution is 2.35. The number of hydrogen-bond donors (Lipinski definition) is 3. The summed E-state index contributed by atoms with van der Waals surface area (Å²) in [7, 11) is 0. The van der Waals surface area contributed by atoms with Crippen LogP contribution in [-0.2, 0) is 9.59 Å². The van der Waals surface area contributed by atoms with Gasteiger partial charge >= 0.3 is 0 Å². The second-order valence-corrected chi connectivity index (χ2v) is 5.77. The van der Waals surface area contributed by atoms with Crippen molar-refractivity contribution in [1.82, 2.24) is 15.7 Å². The highest BCUT2D eigenvalue weighted by atomic mass is 16.5. The van der Waals surface area contributed by atoms with E-state index in [4.69, 9.17) is 5.21 Å². The molecular weight excluding hydrogens is 284 g/mol. The third-order valence-electron chi connectivity index (χ3n) is 4.58. The zero-order valence-corrected chi connectivity index (χ0v) is 12.3. The largest absolute Gasteiger partial charge is 0.339 e. The second kappa shape index (κ2) is 5.94. The molecule has 2 fully saturated rings. The summed E-state index contributed by atoms with van der Waals surface area (Å²) in [5.74, 6) is -0.366. The highest BCUT2D eigenvalue weighted by Gasteiger charge is 2.50.